The van der Waals surface area contributed by atoms with Crippen molar-refractivity contribution in [3.05, 3.63) is 29.8 Å². The van der Waals surface area contributed by atoms with Crippen LogP contribution in [0.4, 0.5) is 0 Å². The summed E-state index contributed by atoms with van der Waals surface area (Å²) in [6, 6.07) is 7.18. The van der Waals surface area contributed by atoms with Crippen LogP contribution in [0, 0.1) is 5.92 Å². The first-order valence-electron chi connectivity index (χ1n) is 9.32. The average Bonchev–Trinajstić information content (AvgIpc) is 2.64. The van der Waals surface area contributed by atoms with Crippen LogP contribution in [0.2, 0.25) is 0 Å². The van der Waals surface area contributed by atoms with E-state index in [1.165, 1.54) is 0 Å². The molecular formula is C20H31ClN2O3. The standard InChI is InChI=1S/C20H30N2O3.ClH/c1-3-21-15-17-9-11-22(12-10-17)20(24)8-5-13-25-19-7-4-6-18(14-19)16(2)23;/h4,6-7,14,17,21H,3,5,8-13,15H2,1-2H3;1H. The molecule has 0 spiro atoms. The second-order valence-electron chi connectivity index (χ2n) is 6.67. The zero-order valence-electron chi connectivity index (χ0n) is 15.8. The lowest BCUT2D eigenvalue weighted by Gasteiger charge is -2.32. The Balaban J connectivity index is 0.00000338. The predicted octanol–water partition coefficient (Wildman–Crippen LogP) is 3.32. The summed E-state index contributed by atoms with van der Waals surface area (Å²) >= 11 is 0. The lowest BCUT2D eigenvalue weighted by atomic mass is 9.96. The Hall–Kier alpha value is -1.59. The van der Waals surface area contributed by atoms with E-state index >= 15 is 0 Å². The minimum Gasteiger partial charge on any atom is -0.494 e. The largest absolute Gasteiger partial charge is 0.494 e. The van der Waals surface area contributed by atoms with Gasteiger partial charge >= 0.3 is 0 Å². The smallest absolute Gasteiger partial charge is 0.222 e. The molecular weight excluding hydrogens is 352 g/mol. The fourth-order valence-electron chi connectivity index (χ4n) is 3.11. The molecule has 1 saturated heterocycles. The molecule has 2 rings (SSSR count). The molecule has 0 bridgehead atoms. The average molecular weight is 383 g/mol. The van der Waals surface area contributed by atoms with Crippen molar-refractivity contribution in [3.63, 3.8) is 0 Å². The van der Waals surface area contributed by atoms with E-state index in [2.05, 4.69) is 12.2 Å². The van der Waals surface area contributed by atoms with E-state index in [0.29, 0.717) is 36.7 Å². The molecule has 1 fully saturated rings. The number of hydrogen-bond acceptors (Lipinski definition) is 4. The van der Waals surface area contributed by atoms with Gasteiger partial charge in [0, 0.05) is 25.1 Å². The van der Waals surface area contributed by atoms with Crippen LogP contribution in [-0.4, -0.2) is 49.4 Å². The summed E-state index contributed by atoms with van der Waals surface area (Å²) in [5, 5.41) is 3.39. The van der Waals surface area contributed by atoms with Crippen molar-refractivity contribution in [3.8, 4) is 5.75 Å². The van der Waals surface area contributed by atoms with Crippen molar-refractivity contribution in [1.29, 1.82) is 0 Å². The molecule has 1 aromatic carbocycles. The van der Waals surface area contributed by atoms with Gasteiger partial charge in [-0.25, -0.2) is 0 Å². The maximum Gasteiger partial charge on any atom is 0.222 e. The quantitative estimate of drug-likeness (QED) is 0.525. The van der Waals surface area contributed by atoms with Crippen molar-refractivity contribution in [2.45, 2.75) is 39.5 Å². The molecule has 0 aromatic heterocycles. The van der Waals surface area contributed by atoms with Gasteiger partial charge < -0.3 is 15.0 Å². The number of nitrogens with one attached hydrogen (secondary N) is 1. The summed E-state index contributed by atoms with van der Waals surface area (Å²) in [7, 11) is 0. The minimum absolute atomic E-state index is 0. The molecule has 5 nitrogen and oxygen atoms in total. The van der Waals surface area contributed by atoms with Gasteiger partial charge in [-0.05, 0) is 57.3 Å². The molecule has 1 aromatic rings. The lowest BCUT2D eigenvalue weighted by molar-refractivity contribution is -0.132. The molecule has 0 aliphatic carbocycles. The Kier molecular flexibility index (Phi) is 10.3. The van der Waals surface area contributed by atoms with Gasteiger partial charge in [0.1, 0.15) is 5.75 Å². The van der Waals surface area contributed by atoms with Crippen LogP contribution in [0.3, 0.4) is 0 Å². The number of benzene rings is 1. The number of nitrogens with zero attached hydrogens (tertiary/aromatic N) is 1. The van der Waals surface area contributed by atoms with E-state index in [0.717, 1.165) is 39.0 Å². The van der Waals surface area contributed by atoms with E-state index in [-0.39, 0.29) is 24.1 Å². The van der Waals surface area contributed by atoms with E-state index in [4.69, 9.17) is 4.74 Å². The fourth-order valence-corrected chi connectivity index (χ4v) is 3.11. The van der Waals surface area contributed by atoms with Crippen molar-refractivity contribution in [2.24, 2.45) is 5.92 Å². The number of halogens is 1. The highest BCUT2D eigenvalue weighted by Crippen LogP contribution is 2.18. The third-order valence-corrected chi connectivity index (χ3v) is 4.69. The highest BCUT2D eigenvalue weighted by Gasteiger charge is 2.21. The molecule has 1 aliphatic heterocycles. The van der Waals surface area contributed by atoms with Crippen molar-refractivity contribution < 1.29 is 14.3 Å². The molecule has 1 aliphatic rings. The Morgan fingerprint density at radius 2 is 2.00 bits per heavy atom. The molecule has 1 N–H and O–H groups in total. The van der Waals surface area contributed by atoms with Crippen LogP contribution in [0.5, 0.6) is 5.75 Å². The normalized spacial score (nSPS) is 14.6. The summed E-state index contributed by atoms with van der Waals surface area (Å²) in [6.45, 7) is 7.97. The van der Waals surface area contributed by atoms with E-state index in [9.17, 15) is 9.59 Å². The number of piperidine rings is 1. The fraction of sp³-hybridized carbons (Fsp3) is 0.600. The lowest BCUT2D eigenvalue weighted by Crippen LogP contribution is -2.40. The Morgan fingerprint density at radius 3 is 2.65 bits per heavy atom. The Morgan fingerprint density at radius 1 is 1.27 bits per heavy atom. The third-order valence-electron chi connectivity index (χ3n) is 4.69. The van der Waals surface area contributed by atoms with Gasteiger partial charge in [0.05, 0.1) is 6.61 Å². The first-order valence-corrected chi connectivity index (χ1v) is 9.32. The van der Waals surface area contributed by atoms with Gasteiger partial charge in [-0.2, -0.15) is 0 Å². The number of Topliss-reactive ketones (excluding diaryl/α,β-unsaturated/α-hetero) is 1. The number of ketones is 1. The van der Waals surface area contributed by atoms with Crippen molar-refractivity contribution in [1.82, 2.24) is 10.2 Å². The molecule has 146 valence electrons. The van der Waals surface area contributed by atoms with Gasteiger partial charge in [0.15, 0.2) is 5.78 Å². The van der Waals surface area contributed by atoms with Gasteiger partial charge in [-0.3, -0.25) is 9.59 Å². The van der Waals surface area contributed by atoms with Crippen molar-refractivity contribution >= 4 is 24.1 Å². The number of carbonyl (C=O) groups excluding carboxylic acids is 2. The summed E-state index contributed by atoms with van der Waals surface area (Å²) in [4.78, 5) is 25.6. The van der Waals surface area contributed by atoms with Gasteiger partial charge in [0.2, 0.25) is 5.91 Å². The first-order chi connectivity index (χ1) is 12.1. The van der Waals surface area contributed by atoms with E-state index in [1.807, 2.05) is 17.0 Å². The summed E-state index contributed by atoms with van der Waals surface area (Å²) in [5.41, 5.74) is 0.647. The molecule has 0 atom stereocenters. The molecule has 1 amide bonds. The number of amides is 1. The second kappa shape index (κ2) is 11.9. The third kappa shape index (κ3) is 7.34. The number of rotatable bonds is 9. The maximum atomic E-state index is 12.3. The van der Waals surface area contributed by atoms with Gasteiger partial charge in [-0.1, -0.05) is 19.1 Å². The number of likely N-dealkylation sites (tertiary alicyclic amines) is 1. The maximum absolute atomic E-state index is 12.3. The summed E-state index contributed by atoms with van der Waals surface area (Å²) in [5.74, 6) is 1.63. The highest BCUT2D eigenvalue weighted by atomic mass is 35.5. The van der Waals surface area contributed by atoms with Gasteiger partial charge in [0.25, 0.3) is 0 Å². The summed E-state index contributed by atoms with van der Waals surface area (Å²) < 4.78 is 5.66. The van der Waals surface area contributed by atoms with Gasteiger partial charge in [-0.15, -0.1) is 12.4 Å². The first kappa shape index (κ1) is 22.5. The zero-order valence-corrected chi connectivity index (χ0v) is 16.6. The van der Waals surface area contributed by atoms with Crippen LogP contribution in [0.1, 0.15) is 49.9 Å². The second-order valence-corrected chi connectivity index (χ2v) is 6.67. The number of carbonyl (C=O) groups is 2. The zero-order chi connectivity index (χ0) is 18.1. The van der Waals surface area contributed by atoms with E-state index in [1.54, 1.807) is 19.1 Å². The highest BCUT2D eigenvalue weighted by molar-refractivity contribution is 5.94. The van der Waals surface area contributed by atoms with Crippen molar-refractivity contribution in [2.75, 3.05) is 32.8 Å². The number of hydrogen-bond donors (Lipinski definition) is 1. The Bertz CT molecular complexity index is 572. The SMILES string of the molecule is CCNCC1CCN(C(=O)CCCOc2cccc(C(C)=O)c2)CC1.Cl. The minimum atomic E-state index is 0. The van der Waals surface area contributed by atoms with Crippen LogP contribution < -0.4 is 10.1 Å². The van der Waals surface area contributed by atoms with Crippen LogP contribution in [0.25, 0.3) is 0 Å². The monoisotopic (exact) mass is 382 g/mol. The molecule has 0 radical (unpaired) electrons. The molecule has 0 saturated carbocycles. The van der Waals surface area contributed by atoms with Crippen LogP contribution in [0.15, 0.2) is 24.3 Å². The molecule has 6 heteroatoms. The molecule has 26 heavy (non-hydrogen) atoms. The number of ether oxygens (including phenoxy) is 1. The molecule has 0 unspecified atom stereocenters. The van der Waals surface area contributed by atoms with E-state index < -0.39 is 0 Å². The van der Waals surface area contributed by atoms with Crippen LogP contribution >= 0.6 is 12.4 Å². The molecule has 1 heterocycles. The predicted molar refractivity (Wildman–Crippen MR) is 106 cm³/mol. The summed E-state index contributed by atoms with van der Waals surface area (Å²) in [6.07, 6.45) is 3.39. The van der Waals surface area contributed by atoms with Crippen LogP contribution in [-0.2, 0) is 4.79 Å². The topological polar surface area (TPSA) is 58.6 Å². The Labute approximate surface area is 162 Å².